The molecule has 0 saturated heterocycles. The second-order valence-electron chi connectivity index (χ2n) is 8.54. The first-order valence-electron chi connectivity index (χ1n) is 12.4. The molecule has 0 heterocycles. The summed E-state index contributed by atoms with van der Waals surface area (Å²) in [4.78, 5) is 22.8. The van der Waals surface area contributed by atoms with Crippen LogP contribution >= 0.6 is 0 Å². The molecule has 0 radical (unpaired) electrons. The highest BCUT2D eigenvalue weighted by Crippen LogP contribution is 2.31. The van der Waals surface area contributed by atoms with E-state index in [0.29, 0.717) is 44.9 Å². The van der Waals surface area contributed by atoms with Crippen molar-refractivity contribution in [2.75, 3.05) is 46.8 Å². The van der Waals surface area contributed by atoms with E-state index >= 15 is 0 Å². The Morgan fingerprint density at radius 3 is 1.62 bits per heavy atom. The predicted molar refractivity (Wildman–Crippen MR) is 125 cm³/mol. The molecule has 2 aliphatic carbocycles. The third kappa shape index (κ3) is 14.1. The van der Waals surface area contributed by atoms with E-state index in [1.807, 2.05) is 13.8 Å². The standard InChI is InChI=1S/C12H22O3.C9H16O2.C4H10O2/c1-3-14-8-9-15-12(13)11-7-5-4-6-10(11)2;1-7-5-3-4-6-8(7)9(10)11-2;1-2-6-4-3-5/h10-11H,3-9H2,1-2H3;7-8H,3-6H2,1-2H3;5H,2-4H2,1H3. The fraction of sp³-hybridized carbons (Fsp3) is 0.920. The molecule has 0 aromatic carbocycles. The zero-order chi connectivity index (χ0) is 24.2. The Morgan fingerprint density at radius 2 is 1.22 bits per heavy atom. The number of hydrogen-bond acceptors (Lipinski definition) is 7. The fourth-order valence-corrected chi connectivity index (χ4v) is 4.15. The number of esters is 2. The van der Waals surface area contributed by atoms with Crippen molar-refractivity contribution in [3.8, 4) is 0 Å². The van der Waals surface area contributed by atoms with Crippen molar-refractivity contribution < 1.29 is 33.6 Å². The van der Waals surface area contributed by atoms with E-state index in [2.05, 4.69) is 13.8 Å². The van der Waals surface area contributed by atoms with E-state index in [1.54, 1.807) is 0 Å². The molecule has 0 amide bonds. The van der Waals surface area contributed by atoms with Crippen molar-refractivity contribution in [3.63, 3.8) is 0 Å². The lowest BCUT2D eigenvalue weighted by atomic mass is 9.80. The molecule has 0 bridgehead atoms. The molecule has 2 aliphatic rings. The van der Waals surface area contributed by atoms with Crippen molar-refractivity contribution in [1.82, 2.24) is 0 Å². The smallest absolute Gasteiger partial charge is 0.309 e. The summed E-state index contributed by atoms with van der Waals surface area (Å²) in [6.07, 6.45) is 9.23. The van der Waals surface area contributed by atoms with E-state index < -0.39 is 0 Å². The molecular formula is C25H48O7. The minimum Gasteiger partial charge on any atom is -0.469 e. The summed E-state index contributed by atoms with van der Waals surface area (Å²) in [6.45, 7) is 11.0. The quantitative estimate of drug-likeness (QED) is 0.403. The normalized spacial score (nSPS) is 24.8. The second kappa shape index (κ2) is 20.4. The summed E-state index contributed by atoms with van der Waals surface area (Å²) < 4.78 is 19.8. The van der Waals surface area contributed by atoms with Crippen LogP contribution in [0.15, 0.2) is 0 Å². The third-order valence-electron chi connectivity index (χ3n) is 6.15. The van der Waals surface area contributed by atoms with Crippen molar-refractivity contribution in [2.45, 2.75) is 79.1 Å². The summed E-state index contributed by atoms with van der Waals surface area (Å²) in [5, 5.41) is 8.07. The molecule has 4 unspecified atom stereocenters. The summed E-state index contributed by atoms with van der Waals surface area (Å²) in [7, 11) is 1.48. The van der Waals surface area contributed by atoms with Gasteiger partial charge in [-0.25, -0.2) is 0 Å². The predicted octanol–water partition coefficient (Wildman–Crippen LogP) is 4.39. The molecule has 0 aromatic heterocycles. The summed E-state index contributed by atoms with van der Waals surface area (Å²) >= 11 is 0. The van der Waals surface area contributed by atoms with Crippen molar-refractivity contribution in [3.05, 3.63) is 0 Å². The van der Waals surface area contributed by atoms with Gasteiger partial charge in [0.05, 0.1) is 38.8 Å². The van der Waals surface area contributed by atoms with Crippen LogP contribution in [0.5, 0.6) is 0 Å². The van der Waals surface area contributed by atoms with Gasteiger partial charge in [-0.05, 0) is 51.4 Å². The minimum atomic E-state index is -0.0260. The van der Waals surface area contributed by atoms with Crippen LogP contribution < -0.4 is 0 Å². The second-order valence-corrected chi connectivity index (χ2v) is 8.54. The minimum absolute atomic E-state index is 0.0165. The van der Waals surface area contributed by atoms with Gasteiger partial charge in [-0.1, -0.05) is 39.5 Å². The van der Waals surface area contributed by atoms with Gasteiger partial charge in [0.1, 0.15) is 6.61 Å². The Hall–Kier alpha value is -1.18. The first-order chi connectivity index (χ1) is 15.4. The van der Waals surface area contributed by atoms with Gasteiger partial charge in [0.25, 0.3) is 0 Å². The van der Waals surface area contributed by atoms with E-state index in [-0.39, 0.29) is 30.4 Å². The van der Waals surface area contributed by atoms with Gasteiger partial charge in [-0.15, -0.1) is 0 Å². The van der Waals surface area contributed by atoms with Crippen LogP contribution in [-0.4, -0.2) is 63.8 Å². The van der Waals surface area contributed by atoms with Crippen molar-refractivity contribution in [2.24, 2.45) is 23.7 Å². The number of aliphatic hydroxyl groups excluding tert-OH is 1. The highest BCUT2D eigenvalue weighted by molar-refractivity contribution is 5.73. The Bertz CT molecular complexity index is 465. The monoisotopic (exact) mass is 460 g/mol. The molecular weight excluding hydrogens is 412 g/mol. The number of aliphatic hydroxyl groups is 1. The number of carbonyl (C=O) groups excluding carboxylic acids is 2. The van der Waals surface area contributed by atoms with Crippen molar-refractivity contribution >= 4 is 11.9 Å². The molecule has 0 aromatic rings. The molecule has 7 heteroatoms. The van der Waals surface area contributed by atoms with Crippen LogP contribution in [-0.2, 0) is 28.5 Å². The molecule has 1 N–H and O–H groups in total. The van der Waals surface area contributed by atoms with Crippen LogP contribution in [0.2, 0.25) is 0 Å². The molecule has 0 spiro atoms. The molecule has 2 rings (SSSR count). The van der Waals surface area contributed by atoms with E-state index in [4.69, 9.17) is 24.1 Å². The van der Waals surface area contributed by atoms with Crippen LogP contribution in [0.1, 0.15) is 79.1 Å². The third-order valence-corrected chi connectivity index (χ3v) is 6.15. The number of rotatable bonds is 9. The Morgan fingerprint density at radius 1 is 0.750 bits per heavy atom. The number of ether oxygens (including phenoxy) is 4. The van der Waals surface area contributed by atoms with Gasteiger partial charge in [0.15, 0.2) is 0 Å². The van der Waals surface area contributed by atoms with Crippen LogP contribution in [0, 0.1) is 23.7 Å². The average molecular weight is 461 g/mol. The van der Waals surface area contributed by atoms with Gasteiger partial charge in [0, 0.05) is 13.2 Å². The number of carbonyl (C=O) groups is 2. The Kier molecular flexibility index (Phi) is 19.7. The van der Waals surface area contributed by atoms with Gasteiger partial charge < -0.3 is 24.1 Å². The maximum atomic E-state index is 11.7. The van der Waals surface area contributed by atoms with Gasteiger partial charge in [-0.3, -0.25) is 9.59 Å². The fourth-order valence-electron chi connectivity index (χ4n) is 4.15. The van der Waals surface area contributed by atoms with Crippen LogP contribution in [0.3, 0.4) is 0 Å². The lowest BCUT2D eigenvalue weighted by molar-refractivity contribution is -0.153. The maximum Gasteiger partial charge on any atom is 0.309 e. The molecule has 0 aliphatic heterocycles. The highest BCUT2D eigenvalue weighted by Gasteiger charge is 2.29. The molecule has 2 fully saturated rings. The van der Waals surface area contributed by atoms with E-state index in [9.17, 15) is 9.59 Å². The molecule has 32 heavy (non-hydrogen) atoms. The zero-order valence-electron chi connectivity index (χ0n) is 21.1. The first kappa shape index (κ1) is 30.8. The average Bonchev–Trinajstić information content (AvgIpc) is 2.81. The Balaban J connectivity index is 0.000000496. The van der Waals surface area contributed by atoms with Crippen molar-refractivity contribution in [1.29, 1.82) is 0 Å². The maximum absolute atomic E-state index is 11.7. The number of hydrogen-bond donors (Lipinski definition) is 1. The highest BCUT2D eigenvalue weighted by atomic mass is 16.6. The summed E-state index contributed by atoms with van der Waals surface area (Å²) in [6, 6.07) is 0. The van der Waals surface area contributed by atoms with Gasteiger partial charge in [-0.2, -0.15) is 0 Å². The van der Waals surface area contributed by atoms with Gasteiger partial charge >= 0.3 is 11.9 Å². The molecule has 7 nitrogen and oxygen atoms in total. The topological polar surface area (TPSA) is 91.3 Å². The van der Waals surface area contributed by atoms with Gasteiger partial charge in [0.2, 0.25) is 0 Å². The summed E-state index contributed by atoms with van der Waals surface area (Å²) in [5.41, 5.74) is 0. The first-order valence-corrected chi connectivity index (χ1v) is 12.4. The summed E-state index contributed by atoms with van der Waals surface area (Å²) in [5.74, 6) is 1.27. The van der Waals surface area contributed by atoms with Crippen LogP contribution in [0.4, 0.5) is 0 Å². The van der Waals surface area contributed by atoms with Crippen LogP contribution in [0.25, 0.3) is 0 Å². The van der Waals surface area contributed by atoms with E-state index in [1.165, 1.54) is 32.8 Å². The molecule has 190 valence electrons. The lowest BCUT2D eigenvalue weighted by Gasteiger charge is -2.26. The SMILES string of the molecule is CCOCCO.CCOCCOC(=O)C1CCCCC1C.COC(=O)C1CCCCC1C. The Labute approximate surface area is 195 Å². The zero-order valence-corrected chi connectivity index (χ0v) is 21.1. The molecule has 4 atom stereocenters. The largest absolute Gasteiger partial charge is 0.469 e. The molecule has 2 saturated carbocycles. The van der Waals surface area contributed by atoms with E-state index in [0.717, 1.165) is 25.7 Å². The lowest BCUT2D eigenvalue weighted by Crippen LogP contribution is -2.28. The number of methoxy groups -OCH3 is 1.